The van der Waals surface area contributed by atoms with Gasteiger partial charge in [0.1, 0.15) is 11.5 Å². The Morgan fingerprint density at radius 1 is 1.21 bits per heavy atom. The number of benzene rings is 2. The van der Waals surface area contributed by atoms with Crippen molar-refractivity contribution < 1.29 is 4.39 Å². The van der Waals surface area contributed by atoms with E-state index in [9.17, 15) is 4.39 Å². The maximum atomic E-state index is 13.3. The van der Waals surface area contributed by atoms with E-state index >= 15 is 0 Å². The predicted octanol–water partition coefficient (Wildman–Crippen LogP) is 3.44. The highest BCUT2D eigenvalue weighted by atomic mass is 19.1. The highest BCUT2D eigenvalue weighted by Gasteiger charge is 2.09. The van der Waals surface area contributed by atoms with E-state index in [0.29, 0.717) is 12.1 Å². The van der Waals surface area contributed by atoms with E-state index in [1.165, 1.54) is 12.1 Å². The van der Waals surface area contributed by atoms with Gasteiger partial charge in [0.2, 0.25) is 0 Å². The Morgan fingerprint density at radius 3 is 2.89 bits per heavy atom. The van der Waals surface area contributed by atoms with E-state index < -0.39 is 0 Å². The molecular weight excluding hydrogens is 241 g/mol. The molecule has 1 aromatic heterocycles. The number of nitrogens with one attached hydrogen (secondary N) is 1. The zero-order valence-electron chi connectivity index (χ0n) is 10.0. The molecule has 3 aromatic rings. The van der Waals surface area contributed by atoms with Crippen molar-refractivity contribution >= 4 is 10.9 Å². The lowest BCUT2D eigenvalue weighted by Gasteiger charge is -1.99. The van der Waals surface area contributed by atoms with Crippen LogP contribution in [0, 0.1) is 17.1 Å². The van der Waals surface area contributed by atoms with E-state index in [2.05, 4.69) is 16.3 Å². The topological polar surface area (TPSA) is 52.5 Å². The fourth-order valence-corrected chi connectivity index (χ4v) is 2.12. The Bertz CT molecular complexity index is 783. The molecule has 0 unspecified atom stereocenters. The van der Waals surface area contributed by atoms with Gasteiger partial charge in [-0.25, -0.2) is 4.39 Å². The van der Waals surface area contributed by atoms with Gasteiger partial charge in [0, 0.05) is 10.9 Å². The van der Waals surface area contributed by atoms with E-state index in [1.54, 1.807) is 6.07 Å². The zero-order chi connectivity index (χ0) is 13.2. The van der Waals surface area contributed by atoms with Crippen molar-refractivity contribution in [2.24, 2.45) is 0 Å². The molecule has 1 heterocycles. The molecular formula is C15H10FN3. The lowest BCUT2D eigenvalue weighted by molar-refractivity contribution is 0.628. The number of halogens is 1. The van der Waals surface area contributed by atoms with Crippen LogP contribution >= 0.6 is 0 Å². The molecule has 0 spiro atoms. The largest absolute Gasteiger partial charge is 0.277 e. The summed E-state index contributed by atoms with van der Waals surface area (Å²) in [5.41, 5.74) is 3.23. The fourth-order valence-electron chi connectivity index (χ4n) is 2.12. The van der Waals surface area contributed by atoms with Crippen molar-refractivity contribution in [2.75, 3.05) is 0 Å². The number of nitrogens with zero attached hydrogens (tertiary/aromatic N) is 2. The summed E-state index contributed by atoms with van der Waals surface area (Å²) in [6.45, 7) is 0. The van der Waals surface area contributed by atoms with E-state index in [4.69, 9.17) is 5.26 Å². The van der Waals surface area contributed by atoms with Gasteiger partial charge in [-0.1, -0.05) is 18.2 Å². The van der Waals surface area contributed by atoms with Crippen LogP contribution in [0.5, 0.6) is 0 Å². The Hall–Kier alpha value is -2.67. The standard InChI is InChI=1S/C15H10FN3/c16-12-3-1-2-11(9-12)15-13-8-10(6-7-17)4-5-14(13)18-19-15/h1-5,8-9H,6H2,(H,18,19). The third-order valence-electron chi connectivity index (χ3n) is 3.01. The van der Waals surface area contributed by atoms with Crippen molar-refractivity contribution in [1.29, 1.82) is 5.26 Å². The molecule has 0 atom stereocenters. The fraction of sp³-hybridized carbons (Fsp3) is 0.0667. The summed E-state index contributed by atoms with van der Waals surface area (Å²) in [6, 6.07) is 14.1. The number of nitriles is 1. The van der Waals surface area contributed by atoms with Gasteiger partial charge in [-0.3, -0.25) is 5.10 Å². The first-order valence-electron chi connectivity index (χ1n) is 5.88. The Balaban J connectivity index is 2.19. The molecule has 19 heavy (non-hydrogen) atoms. The van der Waals surface area contributed by atoms with Gasteiger partial charge >= 0.3 is 0 Å². The van der Waals surface area contributed by atoms with Gasteiger partial charge in [0.25, 0.3) is 0 Å². The van der Waals surface area contributed by atoms with Crippen LogP contribution in [-0.4, -0.2) is 10.2 Å². The summed E-state index contributed by atoms with van der Waals surface area (Å²) in [5.74, 6) is -0.290. The monoisotopic (exact) mass is 251 g/mol. The Morgan fingerprint density at radius 2 is 2.11 bits per heavy atom. The van der Waals surface area contributed by atoms with Crippen molar-refractivity contribution in [3.05, 3.63) is 53.8 Å². The van der Waals surface area contributed by atoms with E-state index in [0.717, 1.165) is 22.0 Å². The van der Waals surface area contributed by atoms with Crippen LogP contribution in [0.25, 0.3) is 22.2 Å². The number of hydrogen-bond donors (Lipinski definition) is 1. The van der Waals surface area contributed by atoms with Crippen LogP contribution in [0.15, 0.2) is 42.5 Å². The van der Waals surface area contributed by atoms with Gasteiger partial charge in [-0.2, -0.15) is 10.4 Å². The lowest BCUT2D eigenvalue weighted by Crippen LogP contribution is -1.83. The maximum absolute atomic E-state index is 13.3. The molecule has 2 aromatic carbocycles. The molecule has 0 aliphatic rings. The number of aromatic nitrogens is 2. The molecule has 0 amide bonds. The van der Waals surface area contributed by atoms with Gasteiger partial charge in [0.15, 0.2) is 0 Å². The van der Waals surface area contributed by atoms with Crippen molar-refractivity contribution in [1.82, 2.24) is 10.2 Å². The quantitative estimate of drug-likeness (QED) is 0.758. The minimum atomic E-state index is -0.290. The van der Waals surface area contributed by atoms with Gasteiger partial charge in [0.05, 0.1) is 18.0 Å². The summed E-state index contributed by atoms with van der Waals surface area (Å²) in [6.07, 6.45) is 0.351. The molecule has 0 radical (unpaired) electrons. The van der Waals surface area contributed by atoms with Crippen molar-refractivity contribution in [3.63, 3.8) is 0 Å². The molecule has 0 bridgehead atoms. The second-order valence-corrected chi connectivity index (χ2v) is 4.30. The Kier molecular flexibility index (Phi) is 2.73. The average Bonchev–Trinajstić information content (AvgIpc) is 2.82. The third-order valence-corrected chi connectivity index (χ3v) is 3.01. The highest BCUT2D eigenvalue weighted by molar-refractivity contribution is 5.93. The maximum Gasteiger partial charge on any atom is 0.123 e. The molecule has 0 aliphatic heterocycles. The van der Waals surface area contributed by atoms with Crippen LogP contribution in [0.1, 0.15) is 5.56 Å². The van der Waals surface area contributed by atoms with E-state index in [1.807, 2.05) is 24.3 Å². The molecule has 1 N–H and O–H groups in total. The summed E-state index contributed by atoms with van der Waals surface area (Å²) >= 11 is 0. The first-order chi connectivity index (χ1) is 9.28. The second kappa shape index (κ2) is 4.54. The molecule has 3 rings (SSSR count). The molecule has 3 nitrogen and oxygen atoms in total. The minimum Gasteiger partial charge on any atom is -0.277 e. The normalized spacial score (nSPS) is 10.5. The van der Waals surface area contributed by atoms with Gasteiger partial charge in [-0.15, -0.1) is 0 Å². The number of H-pyrrole nitrogens is 1. The Labute approximate surface area is 109 Å². The van der Waals surface area contributed by atoms with Gasteiger partial charge < -0.3 is 0 Å². The minimum absolute atomic E-state index is 0.290. The number of fused-ring (bicyclic) bond motifs is 1. The van der Waals surface area contributed by atoms with E-state index in [-0.39, 0.29) is 5.82 Å². The van der Waals surface area contributed by atoms with Crippen LogP contribution in [0.3, 0.4) is 0 Å². The third kappa shape index (κ3) is 2.06. The lowest BCUT2D eigenvalue weighted by atomic mass is 10.0. The van der Waals surface area contributed by atoms with Crippen LogP contribution < -0.4 is 0 Å². The first kappa shape index (κ1) is 11.4. The summed E-state index contributed by atoms with van der Waals surface area (Å²) < 4.78 is 13.3. The molecule has 0 fully saturated rings. The second-order valence-electron chi connectivity index (χ2n) is 4.30. The number of rotatable bonds is 2. The van der Waals surface area contributed by atoms with Gasteiger partial charge in [-0.05, 0) is 29.8 Å². The summed E-state index contributed by atoms with van der Waals surface area (Å²) in [7, 11) is 0. The summed E-state index contributed by atoms with van der Waals surface area (Å²) in [5, 5.41) is 16.8. The molecule has 0 aliphatic carbocycles. The van der Waals surface area contributed by atoms with Crippen molar-refractivity contribution in [3.8, 4) is 17.3 Å². The van der Waals surface area contributed by atoms with Crippen LogP contribution in [0.2, 0.25) is 0 Å². The smallest absolute Gasteiger partial charge is 0.123 e. The van der Waals surface area contributed by atoms with Crippen LogP contribution in [-0.2, 0) is 6.42 Å². The molecule has 92 valence electrons. The number of aromatic amines is 1. The highest BCUT2D eigenvalue weighted by Crippen LogP contribution is 2.27. The van der Waals surface area contributed by atoms with Crippen molar-refractivity contribution in [2.45, 2.75) is 6.42 Å². The molecule has 0 saturated heterocycles. The SMILES string of the molecule is N#CCc1ccc2[nH]nc(-c3cccc(F)c3)c2c1. The first-order valence-corrected chi connectivity index (χ1v) is 5.88. The number of hydrogen-bond acceptors (Lipinski definition) is 2. The summed E-state index contributed by atoms with van der Waals surface area (Å²) in [4.78, 5) is 0. The zero-order valence-corrected chi connectivity index (χ0v) is 10.0. The molecule has 0 saturated carbocycles. The van der Waals surface area contributed by atoms with Crippen LogP contribution in [0.4, 0.5) is 4.39 Å². The average molecular weight is 251 g/mol. The predicted molar refractivity (Wildman–Crippen MR) is 70.8 cm³/mol. The molecule has 4 heteroatoms.